The molecular formula is C31H42N6O. The molecule has 7 heteroatoms. The molecule has 5 rings (SSSR count). The maximum absolute atomic E-state index is 10.4. The highest BCUT2D eigenvalue weighted by atomic mass is 16.3. The lowest BCUT2D eigenvalue weighted by Crippen LogP contribution is -2.36. The molecule has 0 amide bonds. The second-order valence-corrected chi connectivity index (χ2v) is 11.4. The van der Waals surface area contributed by atoms with Gasteiger partial charge in [0.15, 0.2) is 5.65 Å². The van der Waals surface area contributed by atoms with Gasteiger partial charge in [-0.1, -0.05) is 37.6 Å². The van der Waals surface area contributed by atoms with Crippen molar-refractivity contribution in [3.63, 3.8) is 0 Å². The monoisotopic (exact) mass is 514 g/mol. The number of unbranched alkanes of at least 4 members (excludes halogenated alkanes) is 1. The third-order valence-electron chi connectivity index (χ3n) is 7.80. The van der Waals surface area contributed by atoms with E-state index in [1.54, 1.807) is 0 Å². The molecule has 7 nitrogen and oxygen atoms in total. The van der Waals surface area contributed by atoms with Gasteiger partial charge in [0.1, 0.15) is 17.3 Å². The van der Waals surface area contributed by atoms with Crippen molar-refractivity contribution in [2.24, 2.45) is 4.99 Å². The van der Waals surface area contributed by atoms with Gasteiger partial charge >= 0.3 is 0 Å². The molecule has 2 fully saturated rings. The molecule has 1 saturated heterocycles. The van der Waals surface area contributed by atoms with Crippen LogP contribution in [0, 0.1) is 0 Å². The number of nitrogens with one attached hydrogen (secondary N) is 1. The van der Waals surface area contributed by atoms with Gasteiger partial charge in [-0.3, -0.25) is 0 Å². The Hall–Kier alpha value is -3.19. The fourth-order valence-corrected chi connectivity index (χ4v) is 5.49. The van der Waals surface area contributed by atoms with E-state index in [2.05, 4.69) is 67.4 Å². The zero-order chi connectivity index (χ0) is 26.7. The molecule has 2 aromatic heterocycles. The number of aromatic nitrogens is 3. The van der Waals surface area contributed by atoms with Crippen LogP contribution in [0.2, 0.25) is 0 Å². The second kappa shape index (κ2) is 11.3. The molecule has 0 radical (unpaired) electrons. The Kier molecular flexibility index (Phi) is 7.84. The Labute approximate surface area is 226 Å². The number of rotatable bonds is 7. The molecule has 1 aliphatic heterocycles. The third kappa shape index (κ3) is 5.93. The Morgan fingerprint density at radius 1 is 1.16 bits per heavy atom. The number of aliphatic imine (C=N–C) groups is 1. The van der Waals surface area contributed by atoms with E-state index in [0.717, 1.165) is 97.1 Å². The molecule has 38 heavy (non-hydrogen) atoms. The molecular weight excluding hydrogens is 472 g/mol. The lowest BCUT2D eigenvalue weighted by atomic mass is 9.84. The minimum absolute atomic E-state index is 0.300. The Morgan fingerprint density at radius 2 is 1.89 bits per heavy atom. The van der Waals surface area contributed by atoms with E-state index in [9.17, 15) is 5.11 Å². The molecule has 2 aromatic rings. The summed E-state index contributed by atoms with van der Waals surface area (Å²) < 4.78 is 1.94. The minimum Gasteiger partial charge on any atom is -0.390 e. The molecule has 0 spiro atoms. The van der Waals surface area contributed by atoms with Crippen molar-refractivity contribution in [3.05, 3.63) is 59.4 Å². The van der Waals surface area contributed by atoms with Crippen molar-refractivity contribution in [2.45, 2.75) is 90.7 Å². The van der Waals surface area contributed by atoms with Gasteiger partial charge in [-0.2, -0.15) is 9.61 Å². The average Bonchev–Trinajstić information content (AvgIpc) is 3.58. The van der Waals surface area contributed by atoms with Crippen LogP contribution in [-0.4, -0.2) is 50.1 Å². The van der Waals surface area contributed by atoms with Crippen LogP contribution in [0.3, 0.4) is 0 Å². The molecule has 0 atom stereocenters. The zero-order valence-corrected chi connectivity index (χ0v) is 23.4. The van der Waals surface area contributed by atoms with Gasteiger partial charge in [-0.05, 0) is 82.9 Å². The first-order valence-corrected chi connectivity index (χ1v) is 14.3. The smallest absolute Gasteiger partial charge is 0.160 e. The molecule has 2 aliphatic carbocycles. The minimum atomic E-state index is -0.559. The molecule has 0 aromatic carbocycles. The fourth-order valence-electron chi connectivity index (χ4n) is 5.49. The predicted octanol–water partition coefficient (Wildman–Crippen LogP) is 6.48. The maximum Gasteiger partial charge on any atom is 0.160 e. The number of aliphatic hydroxyl groups is 1. The van der Waals surface area contributed by atoms with E-state index in [1.165, 1.54) is 12.8 Å². The van der Waals surface area contributed by atoms with E-state index >= 15 is 0 Å². The van der Waals surface area contributed by atoms with E-state index in [-0.39, 0.29) is 0 Å². The summed E-state index contributed by atoms with van der Waals surface area (Å²) in [6, 6.07) is 4.52. The topological polar surface area (TPSA) is 78.0 Å². The predicted molar refractivity (Wildman–Crippen MR) is 158 cm³/mol. The van der Waals surface area contributed by atoms with Gasteiger partial charge in [0.25, 0.3) is 0 Å². The quantitative estimate of drug-likeness (QED) is 0.442. The van der Waals surface area contributed by atoms with Gasteiger partial charge in [0, 0.05) is 31.3 Å². The Bertz CT molecular complexity index is 1310. The fraction of sp³-hybridized carbons (Fsp3) is 0.516. The van der Waals surface area contributed by atoms with Crippen molar-refractivity contribution < 1.29 is 5.11 Å². The summed E-state index contributed by atoms with van der Waals surface area (Å²) in [5, 5.41) is 19.2. The van der Waals surface area contributed by atoms with Gasteiger partial charge in [0.05, 0.1) is 17.0 Å². The molecule has 0 unspecified atom stereocenters. The summed E-state index contributed by atoms with van der Waals surface area (Å²) in [4.78, 5) is 12.5. The second-order valence-electron chi connectivity index (χ2n) is 11.4. The zero-order valence-electron chi connectivity index (χ0n) is 23.4. The highest BCUT2D eigenvalue weighted by Gasteiger charge is 2.29. The van der Waals surface area contributed by atoms with Crippen LogP contribution in [0.4, 0.5) is 11.6 Å². The van der Waals surface area contributed by atoms with Crippen molar-refractivity contribution in [2.75, 3.05) is 23.3 Å². The van der Waals surface area contributed by atoms with Gasteiger partial charge in [-0.25, -0.2) is 9.98 Å². The SMILES string of the molecule is CCC/C=C1\C=CC=CC1=NC(=C(C)C)c1cc2nc(N3CCCC3)cc(NC3CCC(C)(O)CC3)n2n1. The Balaban J connectivity index is 1.53. The van der Waals surface area contributed by atoms with Crippen LogP contribution in [0.1, 0.15) is 84.8 Å². The molecule has 2 N–H and O–H groups in total. The van der Waals surface area contributed by atoms with Gasteiger partial charge in [0.2, 0.25) is 0 Å². The molecule has 1 saturated carbocycles. The summed E-state index contributed by atoms with van der Waals surface area (Å²) in [6.45, 7) is 10.4. The number of anilines is 2. The largest absolute Gasteiger partial charge is 0.390 e. The van der Waals surface area contributed by atoms with E-state index in [0.29, 0.717) is 6.04 Å². The molecule has 0 bridgehead atoms. The molecule has 3 aliphatic rings. The molecule has 202 valence electrons. The van der Waals surface area contributed by atoms with Crippen LogP contribution in [0.25, 0.3) is 11.3 Å². The third-order valence-corrected chi connectivity index (χ3v) is 7.80. The van der Waals surface area contributed by atoms with E-state index < -0.39 is 5.60 Å². The first kappa shape index (κ1) is 26.4. The van der Waals surface area contributed by atoms with Crippen molar-refractivity contribution >= 4 is 28.7 Å². The number of hydrogen-bond donors (Lipinski definition) is 2. The van der Waals surface area contributed by atoms with Crippen LogP contribution in [0.5, 0.6) is 0 Å². The van der Waals surface area contributed by atoms with Crippen molar-refractivity contribution in [1.82, 2.24) is 14.6 Å². The number of nitrogens with zero attached hydrogens (tertiary/aromatic N) is 5. The normalized spacial score (nSPS) is 25.6. The van der Waals surface area contributed by atoms with Crippen LogP contribution < -0.4 is 10.2 Å². The molecule has 3 heterocycles. The highest BCUT2D eigenvalue weighted by Crippen LogP contribution is 2.32. The van der Waals surface area contributed by atoms with E-state index in [1.807, 2.05) is 17.5 Å². The number of fused-ring (bicyclic) bond motifs is 1. The number of allylic oxidation sites excluding steroid dienone is 7. The summed E-state index contributed by atoms with van der Waals surface area (Å²) in [5.74, 6) is 1.96. The summed E-state index contributed by atoms with van der Waals surface area (Å²) >= 11 is 0. The standard InChI is InChI=1S/C31H42N6O/c1-5-6-11-23-12-7-8-13-25(23)33-30(22(2)3)26-20-28-34-27(36-18-9-10-19-36)21-29(37(28)35-26)32-24-14-16-31(4,38)17-15-24/h7-8,11-13,20-21,24,32,38H,5-6,9-10,14-19H2,1-4H3/b23-11+,33-25?. The van der Waals surface area contributed by atoms with Gasteiger partial charge < -0.3 is 15.3 Å². The van der Waals surface area contributed by atoms with Crippen LogP contribution in [0.15, 0.2) is 58.7 Å². The first-order valence-electron chi connectivity index (χ1n) is 14.3. The maximum atomic E-state index is 10.4. The first-order chi connectivity index (χ1) is 18.3. The average molecular weight is 515 g/mol. The van der Waals surface area contributed by atoms with Crippen LogP contribution in [-0.2, 0) is 0 Å². The summed E-state index contributed by atoms with van der Waals surface area (Å²) in [5.41, 5.74) is 5.22. The number of hydrogen-bond acceptors (Lipinski definition) is 6. The van der Waals surface area contributed by atoms with Crippen molar-refractivity contribution in [3.8, 4) is 0 Å². The van der Waals surface area contributed by atoms with Crippen LogP contribution >= 0.6 is 0 Å². The Morgan fingerprint density at radius 3 is 2.61 bits per heavy atom. The lowest BCUT2D eigenvalue weighted by molar-refractivity contribution is 0.0196. The lowest BCUT2D eigenvalue weighted by Gasteiger charge is -2.34. The van der Waals surface area contributed by atoms with Gasteiger partial charge in [-0.15, -0.1) is 0 Å². The summed E-state index contributed by atoms with van der Waals surface area (Å²) in [6.07, 6.45) is 18.6. The van der Waals surface area contributed by atoms with Crippen molar-refractivity contribution in [1.29, 1.82) is 0 Å². The highest BCUT2D eigenvalue weighted by molar-refractivity contribution is 6.13. The van der Waals surface area contributed by atoms with E-state index in [4.69, 9.17) is 15.1 Å². The summed E-state index contributed by atoms with van der Waals surface area (Å²) in [7, 11) is 0.